The number of benzene rings is 1. The number of amidine groups is 2. The van der Waals surface area contributed by atoms with Crippen molar-refractivity contribution in [3.8, 4) is 0 Å². The van der Waals surface area contributed by atoms with Crippen LogP contribution in [0.15, 0.2) is 44.7 Å². The molecule has 0 amide bonds. The zero-order valence-electron chi connectivity index (χ0n) is 12.8. The maximum Gasteiger partial charge on any atom is 0.235 e. The van der Waals surface area contributed by atoms with Gasteiger partial charge in [0.05, 0.1) is 11.9 Å². The van der Waals surface area contributed by atoms with Crippen molar-refractivity contribution in [1.29, 1.82) is 10.8 Å². The molecule has 1 unspecified atom stereocenters. The molecule has 0 saturated carbocycles. The zero-order chi connectivity index (χ0) is 17.9. The average Bonchev–Trinajstić information content (AvgIpc) is 2.93. The van der Waals surface area contributed by atoms with E-state index in [2.05, 4.69) is 20.4 Å². The molecule has 0 bridgehead atoms. The second kappa shape index (κ2) is 6.24. The summed E-state index contributed by atoms with van der Waals surface area (Å²) in [6.07, 6.45) is 1.18. The number of azo groups is 1. The van der Waals surface area contributed by atoms with E-state index in [-0.39, 0.29) is 11.6 Å². The number of nitrogens with one attached hydrogen (secondary N) is 2. The SMILES string of the molecule is CC(=O)c1ccc(N=NC2(C(=N)N)C=NN(C(=N)N)/C2=N\N)cc1. The highest BCUT2D eigenvalue weighted by Gasteiger charge is 2.47. The van der Waals surface area contributed by atoms with Crippen LogP contribution >= 0.6 is 0 Å². The summed E-state index contributed by atoms with van der Waals surface area (Å²) in [5, 5.41) is 31.5. The van der Waals surface area contributed by atoms with E-state index in [0.717, 1.165) is 5.01 Å². The first kappa shape index (κ1) is 16.7. The van der Waals surface area contributed by atoms with E-state index in [1.165, 1.54) is 13.1 Å². The van der Waals surface area contributed by atoms with Gasteiger partial charge in [0, 0.05) is 5.56 Å². The first-order chi connectivity index (χ1) is 11.3. The van der Waals surface area contributed by atoms with Crippen LogP contribution in [0, 0.1) is 10.8 Å². The van der Waals surface area contributed by atoms with Gasteiger partial charge in [-0.05, 0) is 31.2 Å². The topological polar surface area (TPSA) is 196 Å². The van der Waals surface area contributed by atoms with Gasteiger partial charge in [0.25, 0.3) is 0 Å². The highest BCUT2D eigenvalue weighted by Crippen LogP contribution is 2.24. The number of carbonyl (C=O) groups excluding carboxylic acids is 1. The molecule has 0 fully saturated rings. The van der Waals surface area contributed by atoms with Gasteiger partial charge in [-0.1, -0.05) is 0 Å². The number of hydrogen-bond acceptors (Lipinski definition) is 8. The number of hydrazone groups is 2. The maximum atomic E-state index is 11.3. The second-order valence-corrected chi connectivity index (χ2v) is 4.88. The van der Waals surface area contributed by atoms with E-state index in [1.807, 2.05) is 0 Å². The Morgan fingerprint density at radius 3 is 2.33 bits per heavy atom. The molecule has 11 nitrogen and oxygen atoms in total. The number of Topliss-reactive ketones (excluding diaryl/α,β-unsaturated/α-hetero) is 1. The van der Waals surface area contributed by atoms with Crippen LogP contribution in [0.25, 0.3) is 0 Å². The van der Waals surface area contributed by atoms with Crippen molar-refractivity contribution in [1.82, 2.24) is 5.01 Å². The number of hydrogen-bond donors (Lipinski definition) is 5. The van der Waals surface area contributed by atoms with Crippen LogP contribution in [-0.4, -0.2) is 40.2 Å². The van der Waals surface area contributed by atoms with Crippen molar-refractivity contribution < 1.29 is 4.79 Å². The third-order valence-corrected chi connectivity index (χ3v) is 3.26. The van der Waals surface area contributed by atoms with Gasteiger partial charge in [0.1, 0.15) is 5.84 Å². The number of carbonyl (C=O) groups is 1. The third-order valence-electron chi connectivity index (χ3n) is 3.26. The van der Waals surface area contributed by atoms with E-state index in [0.29, 0.717) is 11.3 Å². The Kier molecular flexibility index (Phi) is 4.35. The Morgan fingerprint density at radius 1 is 1.25 bits per heavy atom. The van der Waals surface area contributed by atoms with Crippen LogP contribution < -0.4 is 17.3 Å². The van der Waals surface area contributed by atoms with E-state index in [1.54, 1.807) is 24.3 Å². The lowest BCUT2D eigenvalue weighted by Gasteiger charge is -2.21. The highest BCUT2D eigenvalue weighted by molar-refractivity contribution is 6.30. The fraction of sp³-hybridized carbons (Fsp3) is 0.154. The van der Waals surface area contributed by atoms with Gasteiger partial charge in [-0.2, -0.15) is 25.4 Å². The van der Waals surface area contributed by atoms with E-state index < -0.39 is 17.3 Å². The summed E-state index contributed by atoms with van der Waals surface area (Å²) in [7, 11) is 0. The quantitative estimate of drug-likeness (QED) is 0.130. The summed E-state index contributed by atoms with van der Waals surface area (Å²) < 4.78 is 0. The normalized spacial score (nSPS) is 21.5. The van der Waals surface area contributed by atoms with Gasteiger partial charge in [0.2, 0.25) is 11.5 Å². The molecule has 1 heterocycles. The lowest BCUT2D eigenvalue weighted by atomic mass is 10.0. The molecule has 1 atom stereocenters. The smallest absolute Gasteiger partial charge is 0.235 e. The summed E-state index contributed by atoms with van der Waals surface area (Å²) in [6, 6.07) is 6.36. The number of rotatable bonds is 4. The third kappa shape index (κ3) is 2.82. The minimum atomic E-state index is -1.65. The van der Waals surface area contributed by atoms with Gasteiger partial charge in [-0.3, -0.25) is 15.6 Å². The molecular weight excluding hydrogens is 312 g/mol. The number of nitrogens with two attached hydrogens (primary N) is 3. The van der Waals surface area contributed by atoms with Crippen molar-refractivity contribution in [3.05, 3.63) is 29.8 Å². The first-order valence-corrected chi connectivity index (χ1v) is 6.68. The lowest BCUT2D eigenvalue weighted by Crippen LogP contribution is -2.53. The molecule has 8 N–H and O–H groups in total. The van der Waals surface area contributed by atoms with Gasteiger partial charge >= 0.3 is 0 Å². The molecule has 1 aliphatic heterocycles. The van der Waals surface area contributed by atoms with Crippen LogP contribution in [-0.2, 0) is 0 Å². The molecule has 1 aromatic rings. The van der Waals surface area contributed by atoms with Gasteiger partial charge in [-0.15, -0.1) is 0 Å². The molecule has 0 aliphatic carbocycles. The van der Waals surface area contributed by atoms with Crippen LogP contribution in [0.3, 0.4) is 0 Å². The minimum absolute atomic E-state index is 0.0729. The van der Waals surface area contributed by atoms with Crippen molar-refractivity contribution >= 4 is 35.3 Å². The molecule has 1 aliphatic rings. The molecule has 0 spiro atoms. The van der Waals surface area contributed by atoms with Crippen LogP contribution in [0.1, 0.15) is 17.3 Å². The fourth-order valence-electron chi connectivity index (χ4n) is 1.96. The Balaban J connectivity index is 2.39. The predicted octanol–water partition coefficient (Wildman–Crippen LogP) is 0.115. The van der Waals surface area contributed by atoms with Crippen LogP contribution in [0.5, 0.6) is 0 Å². The zero-order valence-corrected chi connectivity index (χ0v) is 12.8. The highest BCUT2D eigenvalue weighted by atomic mass is 16.1. The van der Waals surface area contributed by atoms with E-state index in [4.69, 9.17) is 28.1 Å². The predicted molar refractivity (Wildman–Crippen MR) is 89.5 cm³/mol. The van der Waals surface area contributed by atoms with Gasteiger partial charge in [0.15, 0.2) is 11.6 Å². The Labute approximate surface area is 136 Å². The first-order valence-electron chi connectivity index (χ1n) is 6.68. The number of ketones is 1. The Hall–Kier alpha value is -3.63. The molecule has 0 aromatic heterocycles. The summed E-state index contributed by atoms with van der Waals surface area (Å²) in [5.41, 5.74) is 10.3. The molecule has 0 radical (unpaired) electrons. The van der Waals surface area contributed by atoms with Crippen LogP contribution in [0.2, 0.25) is 0 Å². The van der Waals surface area contributed by atoms with Crippen molar-refractivity contribution in [2.45, 2.75) is 12.5 Å². The lowest BCUT2D eigenvalue weighted by molar-refractivity contribution is 0.101. The molecule has 24 heavy (non-hydrogen) atoms. The summed E-state index contributed by atoms with van der Waals surface area (Å²) in [5.74, 6) is 4.23. The maximum absolute atomic E-state index is 11.3. The minimum Gasteiger partial charge on any atom is -0.385 e. The summed E-state index contributed by atoms with van der Waals surface area (Å²) in [6.45, 7) is 1.45. The molecule has 1 aromatic carbocycles. The van der Waals surface area contributed by atoms with E-state index >= 15 is 0 Å². The second-order valence-electron chi connectivity index (χ2n) is 4.88. The number of nitrogens with zero attached hydrogens (tertiary/aromatic N) is 5. The Morgan fingerprint density at radius 2 is 1.88 bits per heavy atom. The van der Waals surface area contributed by atoms with Crippen molar-refractivity contribution in [2.75, 3.05) is 0 Å². The van der Waals surface area contributed by atoms with Crippen molar-refractivity contribution in [2.24, 2.45) is 37.7 Å². The van der Waals surface area contributed by atoms with Crippen molar-refractivity contribution in [3.63, 3.8) is 0 Å². The number of guanidine groups is 1. The van der Waals surface area contributed by atoms with Gasteiger partial charge in [-0.25, -0.2) is 0 Å². The van der Waals surface area contributed by atoms with E-state index in [9.17, 15) is 4.79 Å². The summed E-state index contributed by atoms with van der Waals surface area (Å²) in [4.78, 5) is 11.3. The monoisotopic (exact) mass is 328 g/mol. The standard InChI is InChI=1S/C13H16N10O/c1-7(24)8-2-4-9(5-3-8)21-22-13(10(14)15)6-19-23(12(16)17)11(13)20-18/h2-6H,18H2,1H3,(H3,14,15)(H3,16,17)/b20-11-,22-21?. The summed E-state index contributed by atoms with van der Waals surface area (Å²) >= 11 is 0. The largest absolute Gasteiger partial charge is 0.385 e. The molecular formula is C13H16N10O. The molecule has 11 heteroatoms. The van der Waals surface area contributed by atoms with Crippen LogP contribution in [0.4, 0.5) is 5.69 Å². The Bertz CT molecular complexity index is 778. The molecule has 124 valence electrons. The molecule has 2 rings (SSSR count). The molecule has 0 saturated heterocycles. The fourth-order valence-corrected chi connectivity index (χ4v) is 1.96. The van der Waals surface area contributed by atoms with Gasteiger partial charge < -0.3 is 17.3 Å². The average molecular weight is 328 g/mol.